The summed E-state index contributed by atoms with van der Waals surface area (Å²) in [5, 5.41) is 121. The van der Waals surface area contributed by atoms with Crippen LogP contribution in [-0.4, -0.2) is 204 Å². The molecule has 8 unspecified atom stereocenters. The largest absolute Gasteiger partial charge is 0.479 e. The highest BCUT2D eigenvalue weighted by Crippen LogP contribution is 2.76. The Hall–Kier alpha value is -3.01. The number of hydrogen-bond donors (Lipinski definition) is 11. The lowest BCUT2D eigenvalue weighted by atomic mass is 9.33. The molecule has 0 aromatic carbocycles. The summed E-state index contributed by atoms with van der Waals surface area (Å²) < 4.78 is 49.2. The molecule has 22 heteroatoms. The zero-order chi connectivity index (χ0) is 58.4. The molecule has 0 amide bonds. The second-order valence-electron chi connectivity index (χ2n) is 26.0. The van der Waals surface area contributed by atoms with Crippen LogP contribution in [0.1, 0.15) is 121 Å². The van der Waals surface area contributed by atoms with Gasteiger partial charge in [0.15, 0.2) is 31.1 Å². The zero-order valence-corrected chi connectivity index (χ0v) is 47.3. The number of esters is 2. The van der Waals surface area contributed by atoms with Crippen molar-refractivity contribution in [1.82, 2.24) is 0 Å². The molecule has 0 spiro atoms. The first kappa shape index (κ1) is 62.0. The number of allylic oxidation sites excluding steroid dienone is 4. The van der Waals surface area contributed by atoms with Gasteiger partial charge in [-0.05, 0) is 112 Å². The van der Waals surface area contributed by atoms with Crippen LogP contribution in [0.5, 0.6) is 0 Å². The van der Waals surface area contributed by atoms with Crippen molar-refractivity contribution in [2.75, 3.05) is 19.8 Å². The molecule has 8 aliphatic rings. The van der Waals surface area contributed by atoms with Gasteiger partial charge in [-0.3, -0.25) is 0 Å². The highest BCUT2D eigenvalue weighted by molar-refractivity contribution is 5.89. The van der Waals surface area contributed by atoms with Crippen molar-refractivity contribution in [3.05, 3.63) is 34.9 Å². The van der Waals surface area contributed by atoms with Gasteiger partial charge in [0.05, 0.1) is 37.4 Å². The number of aliphatic hydroxyl groups excluding tert-OH is 10. The van der Waals surface area contributed by atoms with E-state index in [0.717, 1.165) is 5.57 Å². The summed E-state index contributed by atoms with van der Waals surface area (Å²) in [6.07, 6.45) is -20.2. The molecule has 4 saturated carbocycles. The normalized spacial score (nSPS) is 48.6. The van der Waals surface area contributed by atoms with E-state index in [1.54, 1.807) is 39.8 Å². The average molecular weight is 1130 g/mol. The Balaban J connectivity index is 1.12. The Morgan fingerprint density at radius 2 is 1.19 bits per heavy atom. The van der Waals surface area contributed by atoms with E-state index in [4.69, 9.17) is 37.9 Å². The third-order valence-electron chi connectivity index (χ3n) is 21.3. The summed E-state index contributed by atoms with van der Waals surface area (Å²) >= 11 is 0. The lowest BCUT2D eigenvalue weighted by Gasteiger charge is -2.72. The van der Waals surface area contributed by atoms with Crippen LogP contribution < -0.4 is 0 Å². The average Bonchev–Trinajstić information content (AvgIpc) is 3.87. The van der Waals surface area contributed by atoms with E-state index in [1.807, 2.05) is 13.8 Å². The molecule has 0 radical (unpaired) electrons. The second kappa shape index (κ2) is 22.5. The van der Waals surface area contributed by atoms with Gasteiger partial charge in [-0.15, -0.1) is 0 Å². The fourth-order valence-electron chi connectivity index (χ4n) is 16.2. The van der Waals surface area contributed by atoms with Gasteiger partial charge in [-0.25, -0.2) is 14.4 Å². The molecule has 8 rings (SSSR count). The molecule has 11 N–H and O–H groups in total. The maximum atomic E-state index is 13.8. The van der Waals surface area contributed by atoms with Crippen LogP contribution >= 0.6 is 0 Å². The van der Waals surface area contributed by atoms with Crippen molar-refractivity contribution in [2.45, 2.75) is 232 Å². The van der Waals surface area contributed by atoms with Crippen molar-refractivity contribution in [2.24, 2.45) is 50.2 Å². The fourth-order valence-corrected chi connectivity index (χ4v) is 16.2. The first-order valence-corrected chi connectivity index (χ1v) is 28.0. The Bertz CT molecular complexity index is 2350. The molecule has 7 fully saturated rings. The molecule has 0 bridgehead atoms. The highest BCUT2D eigenvalue weighted by Gasteiger charge is 2.74. The maximum Gasteiger partial charge on any atom is 0.335 e. The minimum absolute atomic E-state index is 0.0232. The number of carbonyl (C=O) groups excluding carboxylic acids is 2. The maximum absolute atomic E-state index is 13.8. The van der Waals surface area contributed by atoms with Gasteiger partial charge in [0.25, 0.3) is 0 Å². The molecule has 448 valence electrons. The summed E-state index contributed by atoms with van der Waals surface area (Å²) in [5.41, 5.74) is -2.71. The highest BCUT2D eigenvalue weighted by atomic mass is 16.8. The SMILES string of the molecule is C/C=C(/C)C(=O)O[C@H]1[C@H](OC(=O)/C(C)=C\C)[C@@]2(CO)C(CC1(C)C)C1=CCC3[C@@]4(C)CC[C@H](O[C@@H]5OC(C(=O)O)[C@@H](O)C(O[C@@H]6O[C@@H](CO)C(O)[C@@H]6O)[C@@H]5O[C@@H]5OC(CO)[C@H](O)C(O)[C@@H]5O)C(C)(C)C4CC[C@@]3(C)[C@]1(C)C[C@H]2O. The van der Waals surface area contributed by atoms with Gasteiger partial charge < -0.3 is 94.1 Å². The van der Waals surface area contributed by atoms with Crippen LogP contribution in [0.3, 0.4) is 0 Å². The van der Waals surface area contributed by atoms with Crippen LogP contribution in [0.25, 0.3) is 0 Å². The topological polar surface area (TPSA) is 348 Å². The van der Waals surface area contributed by atoms with E-state index < -0.39 is 181 Å². The summed E-state index contributed by atoms with van der Waals surface area (Å²) in [5.74, 6) is -3.40. The standard InChI is InChI=1S/C57H88O22/c1-12-25(3)47(70)78-44-45(79-48(71)26(4)13-2)57(24-60)28(20-52(44,5)6)27-14-15-32-54(9)18-17-34(53(7,8)31(54)16-19-55(32,10)56(27,11)21-33(57)61)74-51-43(77-50-39(66)37(64)35(62)29(22-58)72-50)41(40(67)42(76-51)46(68)69)75-49-38(65)36(63)30(23-59)73-49/h12-14,28-45,49-51,58-67H,15-24H2,1-11H3,(H,68,69)/b25-12-,26-13-/t28?,29?,30-,31?,32?,33+,34-,35-,36?,37?,38-,39-,40-,41?,42?,43-,44-,45-,49-,50-,51+,54-,55+,56+,57-/m0/s1. The molecule has 79 heavy (non-hydrogen) atoms. The predicted octanol–water partition coefficient (Wildman–Crippen LogP) is 1.29. The van der Waals surface area contributed by atoms with Gasteiger partial charge >= 0.3 is 17.9 Å². The summed E-state index contributed by atoms with van der Waals surface area (Å²) in [6, 6.07) is 0. The second-order valence-corrected chi connectivity index (χ2v) is 26.0. The fraction of sp³-hybridized carbons (Fsp3) is 0.842. The number of rotatable bonds is 14. The summed E-state index contributed by atoms with van der Waals surface area (Å²) in [4.78, 5) is 40.3. The van der Waals surface area contributed by atoms with Crippen molar-refractivity contribution in [1.29, 1.82) is 0 Å². The monoisotopic (exact) mass is 1120 g/mol. The van der Waals surface area contributed by atoms with Gasteiger partial charge in [0.2, 0.25) is 0 Å². The van der Waals surface area contributed by atoms with Crippen molar-refractivity contribution >= 4 is 17.9 Å². The minimum Gasteiger partial charge on any atom is -0.479 e. The number of fused-ring (bicyclic) bond motifs is 7. The molecule has 3 heterocycles. The van der Waals surface area contributed by atoms with E-state index in [2.05, 4.69) is 40.7 Å². The molecular formula is C57H88O22. The lowest BCUT2D eigenvalue weighted by Crippen LogP contribution is -2.72. The number of aliphatic hydroxyl groups is 10. The first-order chi connectivity index (χ1) is 36.9. The van der Waals surface area contributed by atoms with E-state index in [-0.39, 0.29) is 23.7 Å². The summed E-state index contributed by atoms with van der Waals surface area (Å²) in [7, 11) is 0. The van der Waals surface area contributed by atoms with Gasteiger partial charge in [0.1, 0.15) is 67.1 Å². The smallest absolute Gasteiger partial charge is 0.335 e. The van der Waals surface area contributed by atoms with Crippen molar-refractivity contribution < 1.29 is 108 Å². The van der Waals surface area contributed by atoms with Crippen molar-refractivity contribution in [3.63, 3.8) is 0 Å². The van der Waals surface area contributed by atoms with E-state index >= 15 is 0 Å². The zero-order valence-electron chi connectivity index (χ0n) is 47.3. The molecule has 25 atom stereocenters. The molecule has 3 aliphatic heterocycles. The third kappa shape index (κ3) is 9.99. The van der Waals surface area contributed by atoms with Crippen LogP contribution in [0, 0.1) is 50.2 Å². The molecule has 5 aliphatic carbocycles. The lowest BCUT2D eigenvalue weighted by molar-refractivity contribution is -0.386. The number of carboxylic acids is 1. The molecule has 3 saturated heterocycles. The van der Waals surface area contributed by atoms with E-state index in [1.165, 1.54) is 0 Å². The summed E-state index contributed by atoms with van der Waals surface area (Å²) in [6.45, 7) is 19.4. The van der Waals surface area contributed by atoms with Crippen LogP contribution in [0.2, 0.25) is 0 Å². The van der Waals surface area contributed by atoms with Crippen molar-refractivity contribution in [3.8, 4) is 0 Å². The number of hydrogen-bond acceptors (Lipinski definition) is 21. The third-order valence-corrected chi connectivity index (χ3v) is 21.3. The number of ether oxygens (including phenoxy) is 8. The van der Waals surface area contributed by atoms with E-state index in [9.17, 15) is 70.6 Å². The van der Waals surface area contributed by atoms with Gasteiger partial charge in [-0.2, -0.15) is 0 Å². The number of aliphatic carboxylic acids is 1. The number of carbonyl (C=O) groups is 3. The predicted molar refractivity (Wildman–Crippen MR) is 275 cm³/mol. The van der Waals surface area contributed by atoms with Crippen LogP contribution in [0.4, 0.5) is 0 Å². The Morgan fingerprint density at radius 3 is 1.73 bits per heavy atom. The molecular weight excluding hydrogens is 1040 g/mol. The molecule has 22 nitrogen and oxygen atoms in total. The Kier molecular flexibility index (Phi) is 17.7. The Morgan fingerprint density at radius 1 is 0.646 bits per heavy atom. The van der Waals surface area contributed by atoms with Gasteiger partial charge in [-0.1, -0.05) is 72.3 Å². The van der Waals surface area contributed by atoms with Gasteiger partial charge in [0, 0.05) is 16.6 Å². The van der Waals surface area contributed by atoms with Crippen LogP contribution in [0.15, 0.2) is 34.9 Å². The quantitative estimate of drug-likeness (QED) is 0.0505. The molecule has 0 aromatic rings. The first-order valence-electron chi connectivity index (χ1n) is 28.0. The van der Waals surface area contributed by atoms with E-state index in [0.29, 0.717) is 49.7 Å². The minimum atomic E-state index is -2.10. The van der Waals surface area contributed by atoms with Crippen LogP contribution in [-0.2, 0) is 52.3 Å². The molecule has 0 aromatic heterocycles. The number of carboxylic acid groups (broad SMARTS) is 1. The Labute approximate surface area is 461 Å².